The first kappa shape index (κ1) is 13.5. The lowest BCUT2D eigenvalue weighted by Crippen LogP contribution is -2.39. The monoisotopic (exact) mass is 317 g/mol. The number of ether oxygens (including phenoxy) is 1. The molecule has 1 fully saturated rings. The molecule has 2 heterocycles. The predicted octanol–water partition coefficient (Wildman–Crippen LogP) is 3.98. The van der Waals surface area contributed by atoms with Crippen LogP contribution in [-0.4, -0.2) is 18.7 Å². The second kappa shape index (κ2) is 5.39. The van der Waals surface area contributed by atoms with Gasteiger partial charge in [0.05, 0.1) is 9.89 Å². The standard InChI is InChI=1S/C13H20BrNOS/c1-13(2,3)15-8-9-6-7-16-12(9)10-4-5-11(14)17-10/h4-5,9,12,15H,6-8H2,1-3H3. The van der Waals surface area contributed by atoms with Gasteiger partial charge in [-0.2, -0.15) is 0 Å². The number of nitrogens with one attached hydrogen (secondary N) is 1. The van der Waals surface area contributed by atoms with E-state index in [2.05, 4.69) is 54.2 Å². The number of rotatable bonds is 3. The summed E-state index contributed by atoms with van der Waals surface area (Å²) in [6, 6.07) is 4.28. The van der Waals surface area contributed by atoms with Gasteiger partial charge in [-0.1, -0.05) is 0 Å². The lowest BCUT2D eigenvalue weighted by atomic mass is 9.98. The summed E-state index contributed by atoms with van der Waals surface area (Å²) in [4.78, 5) is 1.34. The zero-order valence-electron chi connectivity index (χ0n) is 10.6. The molecule has 2 atom stereocenters. The van der Waals surface area contributed by atoms with Crippen LogP contribution in [0.15, 0.2) is 15.9 Å². The lowest BCUT2D eigenvalue weighted by Gasteiger charge is -2.25. The van der Waals surface area contributed by atoms with E-state index in [1.54, 1.807) is 11.3 Å². The smallest absolute Gasteiger partial charge is 0.0958 e. The van der Waals surface area contributed by atoms with Gasteiger partial charge in [0.1, 0.15) is 0 Å². The number of halogens is 1. The largest absolute Gasteiger partial charge is 0.372 e. The Morgan fingerprint density at radius 2 is 2.24 bits per heavy atom. The van der Waals surface area contributed by atoms with Crippen molar-refractivity contribution in [3.63, 3.8) is 0 Å². The van der Waals surface area contributed by atoms with E-state index in [0.717, 1.165) is 19.6 Å². The van der Waals surface area contributed by atoms with Gasteiger partial charge in [0.15, 0.2) is 0 Å². The molecule has 1 aromatic rings. The summed E-state index contributed by atoms with van der Waals surface area (Å²) >= 11 is 5.30. The van der Waals surface area contributed by atoms with E-state index in [-0.39, 0.29) is 11.6 Å². The Kier molecular flexibility index (Phi) is 4.29. The number of hydrogen-bond donors (Lipinski definition) is 1. The Labute approximate surface area is 116 Å². The fourth-order valence-electron chi connectivity index (χ4n) is 2.08. The van der Waals surface area contributed by atoms with Crippen LogP contribution in [0.25, 0.3) is 0 Å². The van der Waals surface area contributed by atoms with Crippen LogP contribution in [0, 0.1) is 5.92 Å². The molecule has 0 saturated carbocycles. The average Bonchev–Trinajstić information content (AvgIpc) is 2.81. The molecule has 2 nitrogen and oxygen atoms in total. The zero-order chi connectivity index (χ0) is 12.5. The molecule has 17 heavy (non-hydrogen) atoms. The van der Waals surface area contributed by atoms with Crippen LogP contribution in [-0.2, 0) is 4.74 Å². The maximum absolute atomic E-state index is 5.88. The summed E-state index contributed by atoms with van der Waals surface area (Å²) < 4.78 is 7.07. The third kappa shape index (κ3) is 3.78. The first-order valence-corrected chi connectivity index (χ1v) is 7.68. The minimum absolute atomic E-state index is 0.184. The first-order valence-electron chi connectivity index (χ1n) is 6.07. The van der Waals surface area contributed by atoms with Crippen molar-refractivity contribution >= 4 is 27.3 Å². The van der Waals surface area contributed by atoms with Gasteiger partial charge in [-0.05, 0) is 55.3 Å². The van der Waals surface area contributed by atoms with Gasteiger partial charge in [0.2, 0.25) is 0 Å². The minimum Gasteiger partial charge on any atom is -0.372 e. The summed E-state index contributed by atoms with van der Waals surface area (Å²) in [6.45, 7) is 8.54. The van der Waals surface area contributed by atoms with Crippen molar-refractivity contribution in [2.75, 3.05) is 13.2 Å². The molecule has 0 bridgehead atoms. The molecule has 0 aromatic carbocycles. The molecule has 0 radical (unpaired) electrons. The molecule has 2 rings (SSSR count). The van der Waals surface area contributed by atoms with Gasteiger partial charge >= 0.3 is 0 Å². The van der Waals surface area contributed by atoms with Gasteiger partial charge in [-0.15, -0.1) is 11.3 Å². The van der Waals surface area contributed by atoms with E-state index in [1.165, 1.54) is 8.66 Å². The summed E-state index contributed by atoms with van der Waals surface area (Å²) in [5.74, 6) is 0.597. The molecular formula is C13H20BrNOS. The molecule has 2 unspecified atom stereocenters. The van der Waals surface area contributed by atoms with E-state index < -0.39 is 0 Å². The van der Waals surface area contributed by atoms with Crippen molar-refractivity contribution < 1.29 is 4.74 Å². The zero-order valence-corrected chi connectivity index (χ0v) is 13.0. The Hall–Kier alpha value is 0.1000. The Balaban J connectivity index is 1.98. The first-order chi connectivity index (χ1) is 7.96. The third-order valence-electron chi connectivity index (χ3n) is 2.98. The minimum atomic E-state index is 0.184. The highest BCUT2D eigenvalue weighted by molar-refractivity contribution is 9.11. The van der Waals surface area contributed by atoms with Crippen LogP contribution in [0.4, 0.5) is 0 Å². The number of thiophene rings is 1. The van der Waals surface area contributed by atoms with Gasteiger partial charge < -0.3 is 10.1 Å². The second-order valence-electron chi connectivity index (χ2n) is 5.61. The normalized spacial score (nSPS) is 25.4. The van der Waals surface area contributed by atoms with Crippen molar-refractivity contribution in [3.05, 3.63) is 20.8 Å². The Morgan fingerprint density at radius 3 is 2.82 bits per heavy atom. The van der Waals surface area contributed by atoms with E-state index in [1.807, 2.05) is 0 Å². The highest BCUT2D eigenvalue weighted by Gasteiger charge is 2.31. The van der Waals surface area contributed by atoms with Crippen LogP contribution >= 0.6 is 27.3 Å². The van der Waals surface area contributed by atoms with Crippen LogP contribution in [0.5, 0.6) is 0 Å². The lowest BCUT2D eigenvalue weighted by molar-refractivity contribution is 0.0918. The van der Waals surface area contributed by atoms with E-state index in [0.29, 0.717) is 5.92 Å². The summed E-state index contributed by atoms with van der Waals surface area (Å²) in [5.41, 5.74) is 0.184. The SMILES string of the molecule is CC(C)(C)NCC1CCOC1c1ccc(Br)s1. The second-order valence-corrected chi connectivity index (χ2v) is 8.11. The average molecular weight is 318 g/mol. The van der Waals surface area contributed by atoms with Gasteiger partial charge in [0, 0.05) is 29.5 Å². The van der Waals surface area contributed by atoms with Crippen molar-refractivity contribution in [2.45, 2.75) is 38.8 Å². The Bertz CT molecular complexity index is 372. The predicted molar refractivity (Wildman–Crippen MR) is 76.6 cm³/mol. The molecule has 0 spiro atoms. The summed E-state index contributed by atoms with van der Waals surface area (Å²) in [5, 5.41) is 3.58. The maximum Gasteiger partial charge on any atom is 0.0958 e. The topological polar surface area (TPSA) is 21.3 Å². The molecule has 1 N–H and O–H groups in total. The van der Waals surface area contributed by atoms with Crippen molar-refractivity contribution in [2.24, 2.45) is 5.92 Å². The van der Waals surface area contributed by atoms with Crippen LogP contribution < -0.4 is 5.32 Å². The molecule has 0 amide bonds. The molecule has 0 aliphatic carbocycles. The maximum atomic E-state index is 5.88. The van der Waals surface area contributed by atoms with Crippen LogP contribution in [0.2, 0.25) is 0 Å². The molecule has 96 valence electrons. The number of hydrogen-bond acceptors (Lipinski definition) is 3. The van der Waals surface area contributed by atoms with Crippen molar-refractivity contribution in [3.8, 4) is 0 Å². The van der Waals surface area contributed by atoms with Crippen molar-refractivity contribution in [1.29, 1.82) is 0 Å². The van der Waals surface area contributed by atoms with Gasteiger partial charge in [0.25, 0.3) is 0 Å². The third-order valence-corrected chi connectivity index (χ3v) is 4.67. The molecular weight excluding hydrogens is 298 g/mol. The molecule has 1 saturated heterocycles. The van der Waals surface area contributed by atoms with Crippen LogP contribution in [0.1, 0.15) is 38.2 Å². The van der Waals surface area contributed by atoms with Gasteiger partial charge in [-0.25, -0.2) is 0 Å². The highest BCUT2D eigenvalue weighted by Crippen LogP contribution is 2.39. The van der Waals surface area contributed by atoms with E-state index >= 15 is 0 Å². The van der Waals surface area contributed by atoms with E-state index in [9.17, 15) is 0 Å². The summed E-state index contributed by atoms with van der Waals surface area (Å²) in [7, 11) is 0. The Morgan fingerprint density at radius 1 is 1.47 bits per heavy atom. The molecule has 1 aliphatic rings. The highest BCUT2D eigenvalue weighted by atomic mass is 79.9. The fourth-order valence-corrected chi connectivity index (χ4v) is 3.64. The quantitative estimate of drug-likeness (QED) is 0.910. The van der Waals surface area contributed by atoms with Crippen LogP contribution in [0.3, 0.4) is 0 Å². The van der Waals surface area contributed by atoms with Crippen molar-refractivity contribution in [1.82, 2.24) is 5.32 Å². The van der Waals surface area contributed by atoms with E-state index in [4.69, 9.17) is 4.74 Å². The fraction of sp³-hybridized carbons (Fsp3) is 0.692. The molecule has 1 aliphatic heterocycles. The molecule has 1 aromatic heterocycles. The van der Waals surface area contributed by atoms with Gasteiger partial charge in [-0.3, -0.25) is 0 Å². The summed E-state index contributed by atoms with van der Waals surface area (Å²) in [6.07, 6.45) is 1.43. The molecule has 4 heteroatoms.